The van der Waals surface area contributed by atoms with E-state index in [9.17, 15) is 10.1 Å². The number of nitrogens with one attached hydrogen (secondary N) is 1. The second-order valence-electron chi connectivity index (χ2n) is 3.90. The number of rotatable bonds is 5. The highest BCUT2D eigenvalue weighted by atomic mass is 16.6. The molecule has 0 saturated heterocycles. The van der Waals surface area contributed by atoms with Crippen LogP contribution in [0.4, 0.5) is 11.5 Å². The molecule has 0 unspecified atom stereocenters. The molecule has 0 aromatic carbocycles. The van der Waals surface area contributed by atoms with Crippen molar-refractivity contribution >= 4 is 11.5 Å². The first-order chi connectivity index (χ1) is 7.56. The van der Waals surface area contributed by atoms with Crippen LogP contribution in [0.3, 0.4) is 0 Å². The Morgan fingerprint density at radius 2 is 2.19 bits per heavy atom. The Bertz CT molecular complexity index is 379. The molecule has 88 valence electrons. The van der Waals surface area contributed by atoms with E-state index in [1.54, 1.807) is 0 Å². The van der Waals surface area contributed by atoms with E-state index in [1.807, 2.05) is 20.8 Å². The molecule has 0 bridgehead atoms. The molecule has 0 fully saturated rings. The molecular formula is C10H16N4O2. The van der Waals surface area contributed by atoms with E-state index in [2.05, 4.69) is 15.3 Å². The maximum Gasteiger partial charge on any atom is 0.332 e. The summed E-state index contributed by atoms with van der Waals surface area (Å²) >= 11 is 0. The highest BCUT2D eigenvalue weighted by Crippen LogP contribution is 2.26. The van der Waals surface area contributed by atoms with E-state index in [0.29, 0.717) is 30.4 Å². The van der Waals surface area contributed by atoms with Crippen LogP contribution in [-0.2, 0) is 6.42 Å². The Morgan fingerprint density at radius 3 is 2.69 bits per heavy atom. The van der Waals surface area contributed by atoms with E-state index in [4.69, 9.17) is 0 Å². The van der Waals surface area contributed by atoms with Gasteiger partial charge in [0.05, 0.1) is 4.92 Å². The summed E-state index contributed by atoms with van der Waals surface area (Å²) in [6, 6.07) is 0. The van der Waals surface area contributed by atoms with Crippen molar-refractivity contribution in [3.63, 3.8) is 0 Å². The molecule has 0 aliphatic heterocycles. The third-order valence-corrected chi connectivity index (χ3v) is 2.03. The molecule has 1 rings (SSSR count). The van der Waals surface area contributed by atoms with Crippen LogP contribution in [0.15, 0.2) is 6.33 Å². The van der Waals surface area contributed by atoms with Gasteiger partial charge in [0.25, 0.3) is 0 Å². The molecular weight excluding hydrogens is 208 g/mol. The molecule has 16 heavy (non-hydrogen) atoms. The van der Waals surface area contributed by atoms with Gasteiger partial charge in [0.15, 0.2) is 0 Å². The molecule has 6 nitrogen and oxygen atoms in total. The molecule has 0 amide bonds. The van der Waals surface area contributed by atoms with E-state index in [0.717, 1.165) is 0 Å². The van der Waals surface area contributed by atoms with Crippen LogP contribution in [0.1, 0.15) is 26.5 Å². The van der Waals surface area contributed by atoms with Crippen molar-refractivity contribution in [2.24, 2.45) is 5.92 Å². The third kappa shape index (κ3) is 2.88. The average Bonchev–Trinajstić information content (AvgIpc) is 2.16. The Labute approximate surface area is 94.3 Å². The van der Waals surface area contributed by atoms with Crippen LogP contribution in [0.25, 0.3) is 0 Å². The zero-order valence-corrected chi connectivity index (χ0v) is 9.73. The van der Waals surface area contributed by atoms with E-state index >= 15 is 0 Å². The molecule has 1 aromatic heterocycles. The Hall–Kier alpha value is -1.72. The normalized spacial score (nSPS) is 10.5. The fourth-order valence-electron chi connectivity index (χ4n) is 1.44. The maximum atomic E-state index is 11.0. The minimum absolute atomic E-state index is 0.00181. The van der Waals surface area contributed by atoms with Crippen LogP contribution in [0.5, 0.6) is 0 Å². The van der Waals surface area contributed by atoms with Crippen molar-refractivity contribution in [3.8, 4) is 0 Å². The number of nitro groups is 1. The van der Waals surface area contributed by atoms with Crippen molar-refractivity contribution in [2.75, 3.05) is 11.9 Å². The molecule has 0 aliphatic rings. The Kier molecular flexibility index (Phi) is 4.16. The summed E-state index contributed by atoms with van der Waals surface area (Å²) in [5.74, 6) is 0.626. The number of aromatic nitrogens is 2. The van der Waals surface area contributed by atoms with E-state index < -0.39 is 4.92 Å². The standard InChI is InChI=1S/C10H16N4O2/c1-4-11-10-9(14(15)16)8(5-7(2)3)12-6-13-10/h6-7H,4-5H2,1-3H3,(H,11,12,13). The van der Waals surface area contributed by atoms with Crippen molar-refractivity contribution in [3.05, 3.63) is 22.1 Å². The zero-order chi connectivity index (χ0) is 12.1. The lowest BCUT2D eigenvalue weighted by Crippen LogP contribution is -2.09. The lowest BCUT2D eigenvalue weighted by atomic mass is 10.1. The van der Waals surface area contributed by atoms with Crippen LogP contribution >= 0.6 is 0 Å². The van der Waals surface area contributed by atoms with Gasteiger partial charge in [-0.25, -0.2) is 9.97 Å². The van der Waals surface area contributed by atoms with Crippen molar-refractivity contribution in [1.29, 1.82) is 0 Å². The maximum absolute atomic E-state index is 11.0. The molecule has 0 atom stereocenters. The lowest BCUT2D eigenvalue weighted by molar-refractivity contribution is -0.385. The van der Waals surface area contributed by atoms with Crippen LogP contribution < -0.4 is 5.32 Å². The van der Waals surface area contributed by atoms with Gasteiger partial charge in [-0.1, -0.05) is 13.8 Å². The number of nitrogens with zero attached hydrogens (tertiary/aromatic N) is 3. The molecule has 0 aliphatic carbocycles. The van der Waals surface area contributed by atoms with Gasteiger partial charge in [0.2, 0.25) is 5.82 Å². The summed E-state index contributed by atoms with van der Waals surface area (Å²) in [5.41, 5.74) is 0.490. The largest absolute Gasteiger partial charge is 0.365 e. The number of hydrogen-bond donors (Lipinski definition) is 1. The van der Waals surface area contributed by atoms with Gasteiger partial charge in [-0.2, -0.15) is 0 Å². The Morgan fingerprint density at radius 1 is 1.50 bits per heavy atom. The third-order valence-electron chi connectivity index (χ3n) is 2.03. The van der Waals surface area contributed by atoms with Crippen LogP contribution in [0, 0.1) is 16.0 Å². The first-order valence-electron chi connectivity index (χ1n) is 5.28. The van der Waals surface area contributed by atoms with E-state index in [1.165, 1.54) is 6.33 Å². The SMILES string of the molecule is CCNc1ncnc(CC(C)C)c1[N+](=O)[O-]. The molecule has 0 spiro atoms. The monoisotopic (exact) mass is 224 g/mol. The van der Waals surface area contributed by atoms with Gasteiger partial charge in [0.1, 0.15) is 12.0 Å². The molecule has 6 heteroatoms. The number of hydrogen-bond acceptors (Lipinski definition) is 5. The fourth-order valence-corrected chi connectivity index (χ4v) is 1.44. The van der Waals surface area contributed by atoms with Crippen molar-refractivity contribution in [1.82, 2.24) is 9.97 Å². The quantitative estimate of drug-likeness (QED) is 0.611. The first kappa shape index (κ1) is 12.4. The van der Waals surface area contributed by atoms with Crippen LogP contribution in [0.2, 0.25) is 0 Å². The smallest absolute Gasteiger partial charge is 0.332 e. The highest BCUT2D eigenvalue weighted by Gasteiger charge is 2.22. The van der Waals surface area contributed by atoms with Gasteiger partial charge in [-0.15, -0.1) is 0 Å². The number of anilines is 1. The van der Waals surface area contributed by atoms with Gasteiger partial charge >= 0.3 is 5.69 Å². The molecule has 0 radical (unpaired) electrons. The average molecular weight is 224 g/mol. The van der Waals surface area contributed by atoms with Crippen molar-refractivity contribution < 1.29 is 4.92 Å². The topological polar surface area (TPSA) is 81.0 Å². The van der Waals surface area contributed by atoms with Gasteiger partial charge in [0, 0.05) is 6.54 Å². The van der Waals surface area contributed by atoms with Crippen LogP contribution in [-0.4, -0.2) is 21.4 Å². The molecule has 0 saturated carbocycles. The minimum Gasteiger partial charge on any atom is -0.365 e. The summed E-state index contributed by atoms with van der Waals surface area (Å²) in [4.78, 5) is 18.4. The summed E-state index contributed by atoms with van der Waals surface area (Å²) in [6.45, 7) is 6.46. The molecule has 1 aromatic rings. The second kappa shape index (κ2) is 5.39. The van der Waals surface area contributed by atoms with Gasteiger partial charge < -0.3 is 5.32 Å². The predicted molar refractivity (Wildman–Crippen MR) is 61.4 cm³/mol. The molecule has 1 N–H and O–H groups in total. The summed E-state index contributed by atoms with van der Waals surface area (Å²) < 4.78 is 0. The lowest BCUT2D eigenvalue weighted by Gasteiger charge is -2.08. The zero-order valence-electron chi connectivity index (χ0n) is 9.73. The van der Waals surface area contributed by atoms with Gasteiger partial charge in [-0.05, 0) is 19.3 Å². The first-order valence-corrected chi connectivity index (χ1v) is 5.28. The van der Waals surface area contributed by atoms with E-state index in [-0.39, 0.29) is 5.69 Å². The minimum atomic E-state index is -0.421. The highest BCUT2D eigenvalue weighted by molar-refractivity contribution is 5.58. The fraction of sp³-hybridized carbons (Fsp3) is 0.600. The van der Waals surface area contributed by atoms with Crippen molar-refractivity contribution in [2.45, 2.75) is 27.2 Å². The van der Waals surface area contributed by atoms with Gasteiger partial charge in [-0.3, -0.25) is 10.1 Å². The summed E-state index contributed by atoms with van der Waals surface area (Å²) in [7, 11) is 0. The Balaban J connectivity index is 3.16. The molecule has 1 heterocycles. The predicted octanol–water partition coefficient (Wildman–Crippen LogP) is 2.02. The summed E-state index contributed by atoms with van der Waals surface area (Å²) in [5, 5.41) is 13.9. The summed E-state index contributed by atoms with van der Waals surface area (Å²) in [6.07, 6.45) is 1.94. The second-order valence-corrected chi connectivity index (χ2v) is 3.90.